The van der Waals surface area contributed by atoms with Crippen molar-refractivity contribution < 1.29 is 5.11 Å². The molecule has 1 nitrogen and oxygen atoms in total. The lowest BCUT2D eigenvalue weighted by Crippen LogP contribution is -2.10. The van der Waals surface area contributed by atoms with Crippen LogP contribution in [-0.4, -0.2) is 5.11 Å². The van der Waals surface area contributed by atoms with Crippen LogP contribution in [0.4, 0.5) is 0 Å². The van der Waals surface area contributed by atoms with Crippen molar-refractivity contribution in [3.8, 4) is 5.75 Å². The monoisotopic (exact) mass is 228 g/mol. The Hall–Kier alpha value is -0.500. The molecule has 0 fully saturated rings. The van der Waals surface area contributed by atoms with Crippen molar-refractivity contribution >= 4 is 15.9 Å². The molecule has 1 unspecified atom stereocenters. The Morgan fingerprint density at radius 3 is 2.25 bits per heavy atom. The molecule has 66 valence electrons. The van der Waals surface area contributed by atoms with Gasteiger partial charge in [0, 0.05) is 4.32 Å². The summed E-state index contributed by atoms with van der Waals surface area (Å²) in [7, 11) is 0. The van der Waals surface area contributed by atoms with E-state index in [0.29, 0.717) is 5.75 Å². The molecule has 1 atom stereocenters. The second kappa shape index (κ2) is 3.48. The van der Waals surface area contributed by atoms with E-state index in [1.54, 1.807) is 12.1 Å². The largest absolute Gasteiger partial charge is 0.508 e. The number of aromatic hydroxyl groups is 1. The minimum Gasteiger partial charge on any atom is -0.508 e. The third-order valence-corrected chi connectivity index (χ3v) is 3.15. The second-order valence-electron chi connectivity index (χ2n) is 3.10. The van der Waals surface area contributed by atoms with E-state index in [2.05, 4.69) is 29.8 Å². The van der Waals surface area contributed by atoms with Crippen molar-refractivity contribution in [2.24, 2.45) is 0 Å². The van der Waals surface area contributed by atoms with Crippen LogP contribution >= 0.6 is 15.9 Å². The Labute approximate surface area is 81.6 Å². The predicted molar refractivity (Wildman–Crippen MR) is 54.7 cm³/mol. The van der Waals surface area contributed by atoms with Gasteiger partial charge in [-0.15, -0.1) is 0 Å². The highest BCUT2D eigenvalue weighted by atomic mass is 79.9. The SMILES string of the molecule is CCC(C)(Br)c1ccc(O)cc1. The number of alkyl halides is 1. The summed E-state index contributed by atoms with van der Waals surface area (Å²) >= 11 is 3.63. The van der Waals surface area contributed by atoms with Gasteiger partial charge in [0.2, 0.25) is 0 Å². The zero-order chi connectivity index (χ0) is 9.19. The molecule has 0 saturated heterocycles. The molecule has 0 heterocycles. The third-order valence-electron chi connectivity index (χ3n) is 2.13. The number of halogens is 1. The van der Waals surface area contributed by atoms with E-state index in [1.807, 2.05) is 12.1 Å². The summed E-state index contributed by atoms with van der Waals surface area (Å²) in [6, 6.07) is 7.30. The van der Waals surface area contributed by atoms with Gasteiger partial charge < -0.3 is 5.11 Å². The van der Waals surface area contributed by atoms with E-state index < -0.39 is 0 Å². The normalized spacial score (nSPS) is 15.6. The van der Waals surface area contributed by atoms with Crippen molar-refractivity contribution in [2.75, 3.05) is 0 Å². The Balaban J connectivity index is 2.96. The van der Waals surface area contributed by atoms with Crippen molar-refractivity contribution in [3.05, 3.63) is 29.8 Å². The fraction of sp³-hybridized carbons (Fsp3) is 0.400. The van der Waals surface area contributed by atoms with E-state index in [0.717, 1.165) is 6.42 Å². The number of hydrogen-bond donors (Lipinski definition) is 1. The van der Waals surface area contributed by atoms with Crippen molar-refractivity contribution in [1.29, 1.82) is 0 Å². The van der Waals surface area contributed by atoms with Gasteiger partial charge in [-0.2, -0.15) is 0 Å². The summed E-state index contributed by atoms with van der Waals surface area (Å²) in [5.41, 5.74) is 1.20. The molecule has 2 heteroatoms. The van der Waals surface area contributed by atoms with Crippen LogP contribution in [0.15, 0.2) is 24.3 Å². The van der Waals surface area contributed by atoms with Gasteiger partial charge in [0.05, 0.1) is 0 Å². The van der Waals surface area contributed by atoms with E-state index in [1.165, 1.54) is 5.56 Å². The summed E-state index contributed by atoms with van der Waals surface area (Å²) in [4.78, 5) is 0. The summed E-state index contributed by atoms with van der Waals surface area (Å²) in [6.07, 6.45) is 1.03. The first-order valence-electron chi connectivity index (χ1n) is 4.04. The van der Waals surface area contributed by atoms with Crippen LogP contribution < -0.4 is 0 Å². The van der Waals surface area contributed by atoms with Gasteiger partial charge in [0.25, 0.3) is 0 Å². The van der Waals surface area contributed by atoms with Gasteiger partial charge in [-0.1, -0.05) is 35.0 Å². The Bertz CT molecular complexity index is 251. The average Bonchev–Trinajstić information content (AvgIpc) is 2.05. The highest BCUT2D eigenvalue weighted by Gasteiger charge is 2.19. The third kappa shape index (κ3) is 2.01. The number of rotatable bonds is 2. The first-order chi connectivity index (χ1) is 5.56. The standard InChI is InChI=1S/C10H13BrO/c1-3-10(2,11)8-4-6-9(12)7-5-8/h4-7,12H,3H2,1-2H3. The molecule has 0 bridgehead atoms. The molecular formula is C10H13BrO. The van der Waals surface area contributed by atoms with Gasteiger partial charge in [-0.25, -0.2) is 0 Å². The molecule has 1 N–H and O–H groups in total. The predicted octanol–water partition coefficient (Wildman–Crippen LogP) is 3.41. The zero-order valence-electron chi connectivity index (χ0n) is 7.34. The summed E-state index contributed by atoms with van der Waals surface area (Å²) in [5, 5.41) is 9.08. The number of hydrogen-bond acceptors (Lipinski definition) is 1. The summed E-state index contributed by atoms with van der Waals surface area (Å²) < 4.78 is 0.0285. The fourth-order valence-electron chi connectivity index (χ4n) is 1.01. The maximum absolute atomic E-state index is 9.08. The van der Waals surface area contributed by atoms with E-state index in [-0.39, 0.29) is 4.32 Å². The molecule has 1 aromatic carbocycles. The van der Waals surface area contributed by atoms with Crippen LogP contribution in [0.1, 0.15) is 25.8 Å². The van der Waals surface area contributed by atoms with Crippen molar-refractivity contribution in [1.82, 2.24) is 0 Å². The first kappa shape index (κ1) is 9.59. The lowest BCUT2D eigenvalue weighted by Gasteiger charge is -2.20. The molecule has 0 amide bonds. The quantitative estimate of drug-likeness (QED) is 0.770. The fourth-order valence-corrected chi connectivity index (χ4v) is 1.28. The van der Waals surface area contributed by atoms with Gasteiger partial charge >= 0.3 is 0 Å². The minimum absolute atomic E-state index is 0.0285. The Kier molecular flexibility index (Phi) is 2.78. The number of phenols is 1. The molecule has 0 spiro atoms. The molecule has 1 rings (SSSR count). The molecule has 0 saturated carbocycles. The highest BCUT2D eigenvalue weighted by molar-refractivity contribution is 9.09. The summed E-state index contributed by atoms with van der Waals surface area (Å²) in [6.45, 7) is 4.25. The van der Waals surface area contributed by atoms with Gasteiger partial charge in [0.15, 0.2) is 0 Å². The zero-order valence-corrected chi connectivity index (χ0v) is 8.93. The molecule has 12 heavy (non-hydrogen) atoms. The molecule has 1 aromatic rings. The van der Waals surface area contributed by atoms with Crippen molar-refractivity contribution in [3.63, 3.8) is 0 Å². The Morgan fingerprint density at radius 2 is 1.83 bits per heavy atom. The van der Waals surface area contributed by atoms with Crippen LogP contribution in [0.25, 0.3) is 0 Å². The molecule has 0 aromatic heterocycles. The smallest absolute Gasteiger partial charge is 0.115 e. The molecule has 0 aliphatic heterocycles. The number of benzene rings is 1. The van der Waals surface area contributed by atoms with Crippen LogP contribution in [0.3, 0.4) is 0 Å². The van der Waals surface area contributed by atoms with E-state index in [4.69, 9.17) is 5.11 Å². The van der Waals surface area contributed by atoms with E-state index in [9.17, 15) is 0 Å². The van der Waals surface area contributed by atoms with Crippen LogP contribution in [-0.2, 0) is 4.32 Å². The molecular weight excluding hydrogens is 216 g/mol. The van der Waals surface area contributed by atoms with Crippen molar-refractivity contribution in [2.45, 2.75) is 24.6 Å². The Morgan fingerprint density at radius 1 is 1.33 bits per heavy atom. The first-order valence-corrected chi connectivity index (χ1v) is 4.84. The topological polar surface area (TPSA) is 20.2 Å². The second-order valence-corrected chi connectivity index (χ2v) is 4.85. The average molecular weight is 229 g/mol. The lowest BCUT2D eigenvalue weighted by atomic mass is 9.98. The molecule has 0 aliphatic carbocycles. The highest BCUT2D eigenvalue weighted by Crippen LogP contribution is 2.34. The van der Waals surface area contributed by atoms with Gasteiger partial charge in [-0.3, -0.25) is 0 Å². The molecule has 0 aliphatic rings. The van der Waals surface area contributed by atoms with Crippen LogP contribution in [0, 0.1) is 0 Å². The van der Waals surface area contributed by atoms with Gasteiger partial charge in [0.1, 0.15) is 5.75 Å². The minimum atomic E-state index is 0.0285. The maximum Gasteiger partial charge on any atom is 0.115 e. The lowest BCUT2D eigenvalue weighted by molar-refractivity contribution is 0.474. The van der Waals surface area contributed by atoms with Crippen LogP contribution in [0.5, 0.6) is 5.75 Å². The maximum atomic E-state index is 9.08. The van der Waals surface area contributed by atoms with Gasteiger partial charge in [-0.05, 0) is 31.0 Å². The summed E-state index contributed by atoms with van der Waals surface area (Å²) in [5.74, 6) is 0.318. The van der Waals surface area contributed by atoms with E-state index >= 15 is 0 Å². The number of phenolic OH excluding ortho intramolecular Hbond substituents is 1. The molecule has 0 radical (unpaired) electrons. The van der Waals surface area contributed by atoms with Crippen LogP contribution in [0.2, 0.25) is 0 Å².